The maximum atomic E-state index is 4.52. The molecule has 1 saturated carbocycles. The van der Waals surface area contributed by atoms with Crippen LogP contribution in [0.5, 0.6) is 0 Å². The Hall–Kier alpha value is -1.78. The van der Waals surface area contributed by atoms with Crippen molar-refractivity contribution >= 4 is 5.95 Å². The largest absolute Gasteiger partial charge is 0.350 e. The van der Waals surface area contributed by atoms with Crippen LogP contribution >= 0.6 is 0 Å². The third-order valence-electron chi connectivity index (χ3n) is 3.14. The molecule has 0 radical (unpaired) electrons. The first-order valence-electron chi connectivity index (χ1n) is 6.00. The zero-order valence-electron chi connectivity index (χ0n) is 10.2. The fourth-order valence-electron chi connectivity index (χ4n) is 2.02. The number of nitrogens with zero attached hydrogens (tertiary/aromatic N) is 4. The maximum absolute atomic E-state index is 4.52. The third kappa shape index (κ3) is 2.05. The molecule has 0 aliphatic heterocycles. The summed E-state index contributed by atoms with van der Waals surface area (Å²) in [5.41, 5.74) is 2.23. The highest BCUT2D eigenvalue weighted by Gasteiger charge is 2.26. The van der Waals surface area contributed by atoms with Crippen molar-refractivity contribution in [2.24, 2.45) is 7.05 Å². The second kappa shape index (κ2) is 3.91. The maximum Gasteiger partial charge on any atom is 0.203 e. The zero-order chi connectivity index (χ0) is 11.8. The van der Waals surface area contributed by atoms with Crippen molar-refractivity contribution in [3.8, 4) is 0 Å². The van der Waals surface area contributed by atoms with Gasteiger partial charge in [-0.2, -0.15) is 5.10 Å². The number of hydrogen-bond acceptors (Lipinski definition) is 3. The standard InChI is InChI=1S/C12H17N5/c1-9-8-17(10-3-4-10)12(15-9)13-7-11-5-6-14-16(11)2/h5-6,8,10H,3-4,7H2,1-2H3,(H,13,15). The molecule has 5 heteroatoms. The van der Waals surface area contributed by atoms with Gasteiger partial charge in [0.05, 0.1) is 17.9 Å². The van der Waals surface area contributed by atoms with Crippen LogP contribution in [0.1, 0.15) is 30.3 Å². The molecule has 0 unspecified atom stereocenters. The van der Waals surface area contributed by atoms with Gasteiger partial charge in [0, 0.05) is 25.5 Å². The van der Waals surface area contributed by atoms with Gasteiger partial charge in [-0.1, -0.05) is 0 Å². The summed E-state index contributed by atoms with van der Waals surface area (Å²) >= 11 is 0. The van der Waals surface area contributed by atoms with Gasteiger partial charge in [0.2, 0.25) is 5.95 Å². The Morgan fingerprint density at radius 2 is 2.29 bits per heavy atom. The van der Waals surface area contributed by atoms with Crippen LogP contribution < -0.4 is 5.32 Å². The van der Waals surface area contributed by atoms with E-state index in [1.54, 1.807) is 0 Å². The highest BCUT2D eigenvalue weighted by molar-refractivity contribution is 5.31. The van der Waals surface area contributed by atoms with E-state index in [0.717, 1.165) is 23.9 Å². The predicted molar refractivity (Wildman–Crippen MR) is 65.8 cm³/mol. The van der Waals surface area contributed by atoms with Gasteiger partial charge in [-0.25, -0.2) is 4.98 Å². The van der Waals surface area contributed by atoms with Crippen LogP contribution in [0.3, 0.4) is 0 Å². The van der Waals surface area contributed by atoms with E-state index in [-0.39, 0.29) is 0 Å². The van der Waals surface area contributed by atoms with Gasteiger partial charge in [-0.05, 0) is 25.8 Å². The van der Waals surface area contributed by atoms with Crippen molar-refractivity contribution in [2.75, 3.05) is 5.32 Å². The van der Waals surface area contributed by atoms with Gasteiger partial charge in [0.1, 0.15) is 0 Å². The molecule has 0 amide bonds. The summed E-state index contributed by atoms with van der Waals surface area (Å²) in [5, 5.41) is 7.54. The molecule has 3 rings (SSSR count). The van der Waals surface area contributed by atoms with Gasteiger partial charge in [0.15, 0.2) is 0 Å². The zero-order valence-corrected chi connectivity index (χ0v) is 10.2. The number of aryl methyl sites for hydroxylation is 2. The van der Waals surface area contributed by atoms with Crippen molar-refractivity contribution in [2.45, 2.75) is 32.4 Å². The molecule has 1 aliphatic carbocycles. The van der Waals surface area contributed by atoms with E-state index in [0.29, 0.717) is 6.04 Å². The van der Waals surface area contributed by atoms with Crippen molar-refractivity contribution in [1.82, 2.24) is 19.3 Å². The lowest BCUT2D eigenvalue weighted by atomic mass is 10.4. The van der Waals surface area contributed by atoms with Crippen LogP contribution in [0, 0.1) is 6.92 Å². The quantitative estimate of drug-likeness (QED) is 0.874. The van der Waals surface area contributed by atoms with Crippen LogP contribution in [0.2, 0.25) is 0 Å². The van der Waals surface area contributed by atoms with Crippen LogP contribution in [0.15, 0.2) is 18.5 Å². The second-order valence-corrected chi connectivity index (χ2v) is 4.64. The normalized spacial score (nSPS) is 15.2. The predicted octanol–water partition coefficient (Wildman–Crippen LogP) is 1.87. The molecule has 0 atom stereocenters. The highest BCUT2D eigenvalue weighted by Crippen LogP contribution is 2.37. The Morgan fingerprint density at radius 3 is 2.94 bits per heavy atom. The molecule has 0 spiro atoms. The lowest BCUT2D eigenvalue weighted by molar-refractivity contribution is 0.708. The number of hydrogen-bond donors (Lipinski definition) is 1. The van der Waals surface area contributed by atoms with Gasteiger partial charge in [0.25, 0.3) is 0 Å². The first-order valence-corrected chi connectivity index (χ1v) is 6.00. The summed E-state index contributed by atoms with van der Waals surface area (Å²) in [6.45, 7) is 2.80. The second-order valence-electron chi connectivity index (χ2n) is 4.64. The number of rotatable bonds is 4. The summed E-state index contributed by atoms with van der Waals surface area (Å²) in [5.74, 6) is 0.978. The lowest BCUT2D eigenvalue weighted by Crippen LogP contribution is -2.09. The highest BCUT2D eigenvalue weighted by atomic mass is 15.3. The number of nitrogens with one attached hydrogen (secondary N) is 1. The van der Waals surface area contributed by atoms with E-state index in [1.807, 2.05) is 30.9 Å². The SMILES string of the molecule is Cc1cn(C2CC2)c(NCc2ccnn2C)n1. The minimum atomic E-state index is 0.658. The fourth-order valence-corrected chi connectivity index (χ4v) is 2.02. The Morgan fingerprint density at radius 1 is 1.47 bits per heavy atom. The van der Waals surface area contributed by atoms with Crippen LogP contribution in [-0.4, -0.2) is 19.3 Å². The average Bonchev–Trinajstić information content (AvgIpc) is 2.97. The van der Waals surface area contributed by atoms with Crippen molar-refractivity contribution < 1.29 is 0 Å². The van der Waals surface area contributed by atoms with E-state index < -0.39 is 0 Å². The molecule has 2 aromatic rings. The Bertz CT molecular complexity index is 521. The van der Waals surface area contributed by atoms with Crippen molar-refractivity contribution in [3.05, 3.63) is 29.8 Å². The first kappa shape index (κ1) is 10.4. The Balaban J connectivity index is 1.74. The number of imidazole rings is 1. The summed E-state index contributed by atoms with van der Waals surface area (Å²) in [4.78, 5) is 4.52. The molecular weight excluding hydrogens is 214 g/mol. The minimum absolute atomic E-state index is 0.658. The Labute approximate surface area is 100 Å². The summed E-state index contributed by atoms with van der Waals surface area (Å²) in [6, 6.07) is 2.68. The molecule has 5 nitrogen and oxygen atoms in total. The topological polar surface area (TPSA) is 47.7 Å². The number of aromatic nitrogens is 4. The van der Waals surface area contributed by atoms with Gasteiger partial charge >= 0.3 is 0 Å². The molecule has 0 aromatic carbocycles. The Kier molecular flexibility index (Phi) is 2.39. The number of anilines is 1. The van der Waals surface area contributed by atoms with Gasteiger partial charge in [-0.15, -0.1) is 0 Å². The van der Waals surface area contributed by atoms with Crippen LogP contribution in [-0.2, 0) is 13.6 Å². The molecule has 90 valence electrons. The van der Waals surface area contributed by atoms with E-state index in [1.165, 1.54) is 12.8 Å². The molecule has 0 saturated heterocycles. The first-order chi connectivity index (χ1) is 8.24. The average molecular weight is 231 g/mol. The van der Waals surface area contributed by atoms with Crippen molar-refractivity contribution in [1.29, 1.82) is 0 Å². The molecular formula is C12H17N5. The minimum Gasteiger partial charge on any atom is -0.350 e. The molecule has 1 N–H and O–H groups in total. The summed E-state index contributed by atoms with van der Waals surface area (Å²) < 4.78 is 4.13. The van der Waals surface area contributed by atoms with Crippen LogP contribution in [0.25, 0.3) is 0 Å². The van der Waals surface area contributed by atoms with E-state index in [9.17, 15) is 0 Å². The summed E-state index contributed by atoms with van der Waals surface area (Å²) in [6.07, 6.45) is 6.49. The molecule has 17 heavy (non-hydrogen) atoms. The van der Waals surface area contributed by atoms with Gasteiger partial charge < -0.3 is 9.88 Å². The van der Waals surface area contributed by atoms with Crippen LogP contribution in [0.4, 0.5) is 5.95 Å². The molecule has 2 aromatic heterocycles. The lowest BCUT2D eigenvalue weighted by Gasteiger charge is -2.08. The molecule has 2 heterocycles. The van der Waals surface area contributed by atoms with E-state index in [2.05, 4.69) is 26.2 Å². The summed E-state index contributed by atoms with van der Waals surface area (Å²) in [7, 11) is 1.95. The monoisotopic (exact) mass is 231 g/mol. The van der Waals surface area contributed by atoms with E-state index in [4.69, 9.17) is 0 Å². The smallest absolute Gasteiger partial charge is 0.203 e. The molecule has 0 bridgehead atoms. The molecule has 1 fully saturated rings. The third-order valence-corrected chi connectivity index (χ3v) is 3.14. The molecule has 1 aliphatic rings. The van der Waals surface area contributed by atoms with Crippen molar-refractivity contribution in [3.63, 3.8) is 0 Å². The van der Waals surface area contributed by atoms with E-state index >= 15 is 0 Å². The fraction of sp³-hybridized carbons (Fsp3) is 0.500. The van der Waals surface area contributed by atoms with Gasteiger partial charge in [-0.3, -0.25) is 4.68 Å².